The van der Waals surface area contributed by atoms with Crippen molar-refractivity contribution in [1.82, 2.24) is 15.4 Å². The van der Waals surface area contributed by atoms with Gasteiger partial charge in [-0.1, -0.05) is 47.6 Å². The first-order valence-corrected chi connectivity index (χ1v) is 8.56. The first-order valence-electron chi connectivity index (χ1n) is 8.56. The molecule has 6 nitrogen and oxygen atoms in total. The summed E-state index contributed by atoms with van der Waals surface area (Å²) in [5.41, 5.74) is 1.81. The van der Waals surface area contributed by atoms with Crippen LogP contribution in [0.5, 0.6) is 0 Å². The lowest BCUT2D eigenvalue weighted by Gasteiger charge is -2.24. The summed E-state index contributed by atoms with van der Waals surface area (Å²) in [6.45, 7) is 2.24. The minimum atomic E-state index is -0.129. The standard InChI is InChI=1S/C19H23N3O3/c23-19(20-14-17-10-13-25-21-17)22(15-18-9-5-12-24-18)11-4-8-16-6-2-1-3-7-16/h1-4,6-8,10,13,18H,5,9,11-12,14-15H2,(H,20,23)/b8-4+/t18-/m0/s1. The van der Waals surface area contributed by atoms with Crippen molar-refractivity contribution in [2.45, 2.75) is 25.5 Å². The van der Waals surface area contributed by atoms with E-state index in [0.717, 1.165) is 25.0 Å². The van der Waals surface area contributed by atoms with E-state index in [1.807, 2.05) is 42.5 Å². The lowest BCUT2D eigenvalue weighted by Crippen LogP contribution is -2.43. The average molecular weight is 341 g/mol. The summed E-state index contributed by atoms with van der Waals surface area (Å²) in [7, 11) is 0. The van der Waals surface area contributed by atoms with Gasteiger partial charge < -0.3 is 19.5 Å². The zero-order chi connectivity index (χ0) is 17.3. The molecule has 3 rings (SSSR count). The number of rotatable bonds is 7. The highest BCUT2D eigenvalue weighted by atomic mass is 16.5. The Morgan fingerprint density at radius 1 is 1.32 bits per heavy atom. The van der Waals surface area contributed by atoms with Crippen LogP contribution in [0.4, 0.5) is 4.79 Å². The minimum absolute atomic E-state index is 0.114. The second-order valence-electron chi connectivity index (χ2n) is 6.00. The molecule has 0 bridgehead atoms. The molecule has 0 spiro atoms. The van der Waals surface area contributed by atoms with E-state index >= 15 is 0 Å². The molecule has 0 saturated carbocycles. The van der Waals surface area contributed by atoms with E-state index in [-0.39, 0.29) is 12.1 Å². The molecule has 1 aliphatic rings. The van der Waals surface area contributed by atoms with Crippen LogP contribution >= 0.6 is 0 Å². The summed E-state index contributed by atoms with van der Waals surface area (Å²) in [4.78, 5) is 14.3. The Morgan fingerprint density at radius 3 is 2.92 bits per heavy atom. The van der Waals surface area contributed by atoms with Gasteiger partial charge in [0.1, 0.15) is 12.0 Å². The molecule has 2 heterocycles. The summed E-state index contributed by atoms with van der Waals surface area (Å²) < 4.78 is 10.5. The third-order valence-electron chi connectivity index (χ3n) is 4.08. The van der Waals surface area contributed by atoms with Gasteiger partial charge in [-0.3, -0.25) is 0 Å². The van der Waals surface area contributed by atoms with Crippen molar-refractivity contribution in [2.75, 3.05) is 19.7 Å². The molecule has 0 radical (unpaired) electrons. The first-order chi connectivity index (χ1) is 12.3. The quantitative estimate of drug-likeness (QED) is 0.840. The number of hydrogen-bond acceptors (Lipinski definition) is 4. The van der Waals surface area contributed by atoms with E-state index < -0.39 is 0 Å². The Hall–Kier alpha value is -2.60. The van der Waals surface area contributed by atoms with Crippen LogP contribution < -0.4 is 5.32 Å². The van der Waals surface area contributed by atoms with E-state index in [9.17, 15) is 4.79 Å². The molecule has 132 valence electrons. The Morgan fingerprint density at radius 2 is 2.20 bits per heavy atom. The van der Waals surface area contributed by atoms with Gasteiger partial charge in [0.15, 0.2) is 0 Å². The van der Waals surface area contributed by atoms with E-state index in [1.54, 1.807) is 11.0 Å². The van der Waals surface area contributed by atoms with Gasteiger partial charge in [-0.2, -0.15) is 0 Å². The lowest BCUT2D eigenvalue weighted by atomic mass is 10.2. The lowest BCUT2D eigenvalue weighted by molar-refractivity contribution is 0.0841. The SMILES string of the molecule is O=C(NCc1ccon1)N(C/C=C/c1ccccc1)C[C@@H]1CCCO1. The maximum absolute atomic E-state index is 12.5. The molecule has 0 unspecified atom stereocenters. The number of nitrogens with one attached hydrogen (secondary N) is 1. The monoisotopic (exact) mass is 341 g/mol. The van der Waals surface area contributed by atoms with Crippen molar-refractivity contribution in [2.24, 2.45) is 0 Å². The Bertz CT molecular complexity index is 664. The molecule has 1 aromatic heterocycles. The summed E-state index contributed by atoms with van der Waals surface area (Å²) in [5, 5.41) is 6.69. The van der Waals surface area contributed by atoms with Crippen LogP contribution in [0.1, 0.15) is 24.1 Å². The zero-order valence-corrected chi connectivity index (χ0v) is 14.1. The van der Waals surface area contributed by atoms with Crippen LogP contribution in [0.2, 0.25) is 0 Å². The smallest absolute Gasteiger partial charge is 0.318 e. The third kappa shape index (κ3) is 5.46. The molecule has 1 aliphatic heterocycles. The number of urea groups is 1. The fraction of sp³-hybridized carbons (Fsp3) is 0.368. The van der Waals surface area contributed by atoms with Gasteiger partial charge in [-0.15, -0.1) is 0 Å². The normalized spacial score (nSPS) is 17.0. The number of ether oxygens (including phenoxy) is 1. The summed E-state index contributed by atoms with van der Waals surface area (Å²) in [6, 6.07) is 11.6. The summed E-state index contributed by atoms with van der Waals surface area (Å²) in [5.74, 6) is 0. The number of carbonyl (C=O) groups excluding carboxylic acids is 1. The number of carbonyl (C=O) groups is 1. The van der Waals surface area contributed by atoms with Crippen molar-refractivity contribution >= 4 is 12.1 Å². The second-order valence-corrected chi connectivity index (χ2v) is 6.00. The molecular weight excluding hydrogens is 318 g/mol. The van der Waals surface area contributed by atoms with Crippen molar-refractivity contribution in [3.63, 3.8) is 0 Å². The molecule has 25 heavy (non-hydrogen) atoms. The van der Waals surface area contributed by atoms with Gasteiger partial charge in [0.25, 0.3) is 0 Å². The summed E-state index contributed by atoms with van der Waals surface area (Å²) >= 11 is 0. The van der Waals surface area contributed by atoms with E-state index in [2.05, 4.69) is 10.5 Å². The number of amides is 2. The number of hydrogen-bond donors (Lipinski definition) is 1. The van der Waals surface area contributed by atoms with Crippen LogP contribution in [-0.4, -0.2) is 41.9 Å². The Labute approximate surface area is 147 Å². The van der Waals surface area contributed by atoms with E-state index in [1.165, 1.54) is 6.26 Å². The van der Waals surface area contributed by atoms with E-state index in [0.29, 0.717) is 25.3 Å². The third-order valence-corrected chi connectivity index (χ3v) is 4.08. The molecule has 1 saturated heterocycles. The maximum atomic E-state index is 12.5. The molecule has 1 atom stereocenters. The zero-order valence-electron chi connectivity index (χ0n) is 14.1. The van der Waals surface area contributed by atoms with Gasteiger partial charge in [-0.05, 0) is 18.4 Å². The van der Waals surface area contributed by atoms with E-state index in [4.69, 9.17) is 9.26 Å². The predicted octanol–water partition coefficient (Wildman–Crippen LogP) is 3.08. The molecule has 2 aromatic rings. The van der Waals surface area contributed by atoms with Crippen LogP contribution in [0.3, 0.4) is 0 Å². The Balaban J connectivity index is 1.57. The molecule has 6 heteroatoms. The van der Waals surface area contributed by atoms with Crippen LogP contribution in [0, 0.1) is 0 Å². The van der Waals surface area contributed by atoms with Gasteiger partial charge in [0.05, 0.1) is 12.6 Å². The number of benzene rings is 1. The molecule has 2 amide bonds. The van der Waals surface area contributed by atoms with Crippen molar-refractivity contribution in [3.05, 3.63) is 60.0 Å². The van der Waals surface area contributed by atoms with Gasteiger partial charge in [-0.25, -0.2) is 4.79 Å². The largest absolute Gasteiger partial charge is 0.376 e. The van der Waals surface area contributed by atoms with Crippen molar-refractivity contribution in [1.29, 1.82) is 0 Å². The Kier molecular flexibility index (Phi) is 6.23. The number of aromatic nitrogens is 1. The highest BCUT2D eigenvalue weighted by Gasteiger charge is 2.21. The van der Waals surface area contributed by atoms with Crippen molar-refractivity contribution < 1.29 is 14.1 Å². The maximum Gasteiger partial charge on any atom is 0.318 e. The first kappa shape index (κ1) is 17.2. The minimum Gasteiger partial charge on any atom is -0.376 e. The predicted molar refractivity (Wildman–Crippen MR) is 94.8 cm³/mol. The fourth-order valence-corrected chi connectivity index (χ4v) is 2.76. The average Bonchev–Trinajstić information content (AvgIpc) is 3.33. The fourth-order valence-electron chi connectivity index (χ4n) is 2.76. The van der Waals surface area contributed by atoms with Crippen LogP contribution in [0.25, 0.3) is 6.08 Å². The molecule has 1 N–H and O–H groups in total. The highest BCUT2D eigenvalue weighted by molar-refractivity contribution is 5.74. The molecule has 0 aliphatic carbocycles. The van der Waals surface area contributed by atoms with Gasteiger partial charge >= 0.3 is 6.03 Å². The molecular formula is C19H23N3O3. The topological polar surface area (TPSA) is 67.6 Å². The van der Waals surface area contributed by atoms with Crippen LogP contribution in [0.15, 0.2) is 53.3 Å². The second kappa shape index (κ2) is 9.03. The van der Waals surface area contributed by atoms with Crippen LogP contribution in [-0.2, 0) is 11.3 Å². The van der Waals surface area contributed by atoms with Gasteiger partial charge in [0, 0.05) is 25.8 Å². The van der Waals surface area contributed by atoms with Gasteiger partial charge in [0.2, 0.25) is 0 Å². The molecule has 1 aromatic carbocycles. The number of nitrogens with zero attached hydrogens (tertiary/aromatic N) is 2. The summed E-state index contributed by atoms with van der Waals surface area (Å²) in [6.07, 6.45) is 7.68. The highest BCUT2D eigenvalue weighted by Crippen LogP contribution is 2.14. The molecule has 1 fully saturated rings. The van der Waals surface area contributed by atoms with Crippen molar-refractivity contribution in [3.8, 4) is 0 Å².